The Labute approximate surface area is 197 Å². The van der Waals surface area contributed by atoms with E-state index in [2.05, 4.69) is 37.9 Å². The Kier molecular flexibility index (Phi) is 6.62. The average Bonchev–Trinajstić information content (AvgIpc) is 3.28. The van der Waals surface area contributed by atoms with Gasteiger partial charge in [-0.2, -0.15) is 4.31 Å². The van der Waals surface area contributed by atoms with Crippen LogP contribution < -0.4 is 5.32 Å². The zero-order chi connectivity index (χ0) is 23.9. The zero-order valence-electron chi connectivity index (χ0n) is 19.9. The number of rotatable bonds is 5. The summed E-state index contributed by atoms with van der Waals surface area (Å²) in [5.74, 6) is 6.09. The summed E-state index contributed by atoms with van der Waals surface area (Å²) < 4.78 is 38.6. The fraction of sp³-hybridized carbons (Fsp3) is 0.640. The molecule has 2 bridgehead atoms. The van der Waals surface area contributed by atoms with Crippen LogP contribution in [-0.2, 0) is 19.5 Å². The van der Waals surface area contributed by atoms with E-state index in [0.717, 1.165) is 12.8 Å². The van der Waals surface area contributed by atoms with Gasteiger partial charge in [-0.3, -0.25) is 4.79 Å². The standard InChI is InChI=1S/C25H34N2O5S/c1-24(2)20-9-10-25(3,17-20)23(24)26-22(28)19-8-7-18(6-5-13-31-4)21(16-19)33(29,30)27-11-14-32-15-12-27/h7-8,16,20,23H,9-15,17H2,1-4H3,(H,26,28)/t20-,23?,25?/m1/s1. The summed E-state index contributed by atoms with van der Waals surface area (Å²) in [5.41, 5.74) is 0.790. The maximum absolute atomic E-state index is 13.5. The number of carbonyl (C=O) groups is 1. The van der Waals surface area contributed by atoms with Crippen molar-refractivity contribution in [2.75, 3.05) is 40.0 Å². The van der Waals surface area contributed by atoms with E-state index >= 15 is 0 Å². The minimum Gasteiger partial charge on any atom is -0.379 e. The van der Waals surface area contributed by atoms with Crippen LogP contribution in [0.15, 0.2) is 23.1 Å². The van der Waals surface area contributed by atoms with Crippen molar-refractivity contribution in [3.63, 3.8) is 0 Å². The summed E-state index contributed by atoms with van der Waals surface area (Å²) in [6, 6.07) is 4.81. The van der Waals surface area contributed by atoms with Crippen LogP contribution in [0.2, 0.25) is 0 Å². The van der Waals surface area contributed by atoms with Crippen LogP contribution in [0, 0.1) is 28.6 Å². The van der Waals surface area contributed by atoms with Gasteiger partial charge in [0.25, 0.3) is 5.91 Å². The molecule has 33 heavy (non-hydrogen) atoms. The monoisotopic (exact) mass is 474 g/mol. The van der Waals surface area contributed by atoms with Crippen molar-refractivity contribution >= 4 is 15.9 Å². The molecule has 3 fully saturated rings. The molecule has 1 N–H and O–H groups in total. The number of carbonyl (C=O) groups excluding carboxylic acids is 1. The van der Waals surface area contributed by atoms with Gasteiger partial charge in [-0.25, -0.2) is 8.42 Å². The second kappa shape index (κ2) is 9.03. The lowest BCUT2D eigenvalue weighted by Crippen LogP contribution is -2.52. The molecule has 7 nitrogen and oxygen atoms in total. The molecule has 3 aliphatic rings. The highest BCUT2D eigenvalue weighted by Gasteiger charge is 2.59. The van der Waals surface area contributed by atoms with E-state index in [9.17, 15) is 13.2 Å². The smallest absolute Gasteiger partial charge is 0.251 e. The third-order valence-corrected chi connectivity index (χ3v) is 9.76. The molecular formula is C25H34N2O5S. The molecule has 1 aromatic carbocycles. The Bertz CT molecular complexity index is 1080. The van der Waals surface area contributed by atoms with Gasteiger partial charge < -0.3 is 14.8 Å². The van der Waals surface area contributed by atoms with Gasteiger partial charge in [0.05, 0.1) is 18.1 Å². The zero-order valence-corrected chi connectivity index (χ0v) is 20.8. The van der Waals surface area contributed by atoms with E-state index in [0.29, 0.717) is 30.3 Å². The number of sulfonamides is 1. The Morgan fingerprint density at radius 2 is 2.00 bits per heavy atom. The van der Waals surface area contributed by atoms with Crippen LogP contribution in [0.4, 0.5) is 0 Å². The molecule has 180 valence electrons. The molecule has 4 rings (SSSR count). The van der Waals surface area contributed by atoms with E-state index in [1.54, 1.807) is 12.1 Å². The molecule has 0 spiro atoms. The number of morpholine rings is 1. The first-order valence-electron chi connectivity index (χ1n) is 11.6. The first-order chi connectivity index (χ1) is 15.6. The van der Waals surface area contributed by atoms with Gasteiger partial charge in [0, 0.05) is 37.4 Å². The number of nitrogens with zero attached hydrogens (tertiary/aromatic N) is 1. The van der Waals surface area contributed by atoms with Crippen LogP contribution in [0.3, 0.4) is 0 Å². The number of hydrogen-bond acceptors (Lipinski definition) is 5. The number of nitrogens with one attached hydrogen (secondary N) is 1. The van der Waals surface area contributed by atoms with Crippen molar-refractivity contribution in [2.24, 2.45) is 16.7 Å². The molecule has 0 radical (unpaired) electrons. The number of ether oxygens (including phenoxy) is 2. The van der Waals surface area contributed by atoms with E-state index < -0.39 is 10.0 Å². The predicted octanol–water partition coefficient (Wildman–Crippen LogP) is 2.65. The van der Waals surface area contributed by atoms with Crippen molar-refractivity contribution in [2.45, 2.75) is 51.0 Å². The SMILES string of the molecule is COCC#Cc1ccc(C(=O)NC2C3(C)CC[C@H](C3)C2(C)C)cc1S(=O)(=O)N1CCOCC1. The van der Waals surface area contributed by atoms with Crippen LogP contribution in [0.1, 0.15) is 56.0 Å². The molecule has 1 aromatic rings. The third-order valence-electron chi connectivity index (χ3n) is 7.82. The molecule has 2 aliphatic carbocycles. The van der Waals surface area contributed by atoms with Gasteiger partial charge in [0.2, 0.25) is 10.0 Å². The van der Waals surface area contributed by atoms with E-state index in [4.69, 9.17) is 9.47 Å². The van der Waals surface area contributed by atoms with Crippen molar-refractivity contribution in [3.8, 4) is 11.8 Å². The summed E-state index contributed by atoms with van der Waals surface area (Å²) in [4.78, 5) is 13.4. The topological polar surface area (TPSA) is 84.9 Å². The van der Waals surface area contributed by atoms with Crippen LogP contribution in [0.25, 0.3) is 0 Å². The highest BCUT2D eigenvalue weighted by Crippen LogP contribution is 2.62. The number of hydrogen-bond donors (Lipinski definition) is 1. The molecule has 1 amide bonds. The lowest BCUT2D eigenvalue weighted by Gasteiger charge is -2.43. The second-order valence-electron chi connectivity index (χ2n) is 10.3. The minimum absolute atomic E-state index is 0.0108. The predicted molar refractivity (Wildman–Crippen MR) is 125 cm³/mol. The van der Waals surface area contributed by atoms with Gasteiger partial charge in [0.1, 0.15) is 6.61 Å². The molecule has 1 heterocycles. The first-order valence-corrected chi connectivity index (χ1v) is 13.0. The Balaban J connectivity index is 1.66. The molecule has 0 aromatic heterocycles. The van der Waals surface area contributed by atoms with Crippen LogP contribution >= 0.6 is 0 Å². The van der Waals surface area contributed by atoms with Crippen molar-refractivity contribution < 1.29 is 22.7 Å². The summed E-state index contributed by atoms with van der Waals surface area (Å²) in [6.07, 6.45) is 3.43. The molecule has 1 saturated heterocycles. The molecule has 2 unspecified atom stereocenters. The van der Waals surface area contributed by atoms with Crippen molar-refractivity contribution in [1.29, 1.82) is 0 Å². The van der Waals surface area contributed by atoms with Gasteiger partial charge in [-0.05, 0) is 54.2 Å². The molecule has 3 atom stereocenters. The number of amides is 1. The first kappa shape index (κ1) is 24.2. The largest absolute Gasteiger partial charge is 0.379 e. The molecule has 1 aliphatic heterocycles. The van der Waals surface area contributed by atoms with Gasteiger partial charge in [-0.15, -0.1) is 0 Å². The summed E-state index contributed by atoms with van der Waals surface area (Å²) in [7, 11) is -2.29. The molecule has 8 heteroatoms. The second-order valence-corrected chi connectivity index (χ2v) is 12.2. The normalized spacial score (nSPS) is 28.8. The van der Waals surface area contributed by atoms with E-state index in [1.807, 2.05) is 0 Å². The van der Waals surface area contributed by atoms with Gasteiger partial charge in [0.15, 0.2) is 0 Å². The lowest BCUT2D eigenvalue weighted by atomic mass is 9.68. The third kappa shape index (κ3) is 4.44. The maximum Gasteiger partial charge on any atom is 0.251 e. The number of methoxy groups -OCH3 is 1. The Morgan fingerprint density at radius 3 is 2.64 bits per heavy atom. The fourth-order valence-corrected chi connectivity index (χ4v) is 7.57. The Hall–Kier alpha value is -1.92. The highest BCUT2D eigenvalue weighted by molar-refractivity contribution is 7.89. The number of fused-ring (bicyclic) bond motifs is 2. The summed E-state index contributed by atoms with van der Waals surface area (Å²) >= 11 is 0. The van der Waals surface area contributed by atoms with E-state index in [1.165, 1.54) is 23.9 Å². The van der Waals surface area contributed by atoms with E-state index in [-0.39, 0.29) is 47.4 Å². The average molecular weight is 475 g/mol. The molecular weight excluding hydrogens is 440 g/mol. The van der Waals surface area contributed by atoms with Gasteiger partial charge >= 0.3 is 0 Å². The molecule has 2 saturated carbocycles. The Morgan fingerprint density at radius 1 is 1.27 bits per heavy atom. The number of benzene rings is 1. The van der Waals surface area contributed by atoms with Crippen molar-refractivity contribution in [1.82, 2.24) is 9.62 Å². The summed E-state index contributed by atoms with van der Waals surface area (Å²) in [5, 5.41) is 3.26. The fourth-order valence-electron chi connectivity index (χ4n) is 5.99. The lowest BCUT2D eigenvalue weighted by molar-refractivity contribution is 0.0728. The van der Waals surface area contributed by atoms with Gasteiger partial charge in [-0.1, -0.05) is 32.6 Å². The minimum atomic E-state index is -3.83. The summed E-state index contributed by atoms with van der Waals surface area (Å²) in [6.45, 7) is 8.16. The highest BCUT2D eigenvalue weighted by atomic mass is 32.2. The van der Waals surface area contributed by atoms with Crippen molar-refractivity contribution in [3.05, 3.63) is 29.3 Å². The van der Waals surface area contributed by atoms with Crippen LogP contribution in [-0.4, -0.2) is 64.7 Å². The maximum atomic E-state index is 13.5. The van der Waals surface area contributed by atoms with Crippen LogP contribution in [0.5, 0.6) is 0 Å². The quantitative estimate of drug-likeness (QED) is 0.664.